The van der Waals surface area contributed by atoms with Crippen LogP contribution in [0, 0.1) is 19.7 Å². The number of hydrogen-bond donors (Lipinski definition) is 0. The molecule has 0 fully saturated rings. The molecular weight excluding hydrogens is 429 g/mol. The van der Waals surface area contributed by atoms with E-state index in [4.69, 9.17) is 16.6 Å². The summed E-state index contributed by atoms with van der Waals surface area (Å²) in [4.78, 5) is 24.0. The van der Waals surface area contributed by atoms with Crippen molar-refractivity contribution in [1.82, 2.24) is 14.5 Å². The van der Waals surface area contributed by atoms with E-state index >= 15 is 0 Å². The fourth-order valence-electron chi connectivity index (χ4n) is 3.04. The van der Waals surface area contributed by atoms with Crippen molar-refractivity contribution in [3.05, 3.63) is 85.5 Å². The van der Waals surface area contributed by atoms with Crippen LogP contribution in [0.25, 0.3) is 10.2 Å². The minimum Gasteiger partial charge on any atom is -0.282 e. The average Bonchev–Trinajstić information content (AvgIpc) is 2.99. The van der Waals surface area contributed by atoms with Gasteiger partial charge in [0.1, 0.15) is 10.6 Å². The predicted octanol–water partition coefficient (Wildman–Crippen LogP) is 5.60. The van der Waals surface area contributed by atoms with E-state index in [0.717, 1.165) is 16.0 Å². The summed E-state index contributed by atoms with van der Waals surface area (Å²) >= 11 is 8.97. The van der Waals surface area contributed by atoms with E-state index in [1.807, 2.05) is 26.0 Å². The normalized spacial score (nSPS) is 11.3. The number of aryl methyl sites for hydroxylation is 2. The maximum atomic E-state index is 14.2. The summed E-state index contributed by atoms with van der Waals surface area (Å²) in [7, 11) is 0. The molecule has 8 heteroatoms. The van der Waals surface area contributed by atoms with Gasteiger partial charge in [-0.15, -0.1) is 11.3 Å². The van der Waals surface area contributed by atoms with Gasteiger partial charge in [0.2, 0.25) is 0 Å². The number of rotatable bonds is 5. The van der Waals surface area contributed by atoms with Crippen LogP contribution in [-0.4, -0.2) is 14.5 Å². The van der Waals surface area contributed by atoms with Crippen LogP contribution in [0.1, 0.15) is 21.6 Å². The lowest BCUT2D eigenvalue weighted by Crippen LogP contribution is -2.24. The summed E-state index contributed by atoms with van der Waals surface area (Å²) in [6.07, 6.45) is 3.42. The molecular formula is C21H17ClFN3OS2. The molecule has 29 heavy (non-hydrogen) atoms. The average molecular weight is 446 g/mol. The van der Waals surface area contributed by atoms with E-state index in [1.165, 1.54) is 29.2 Å². The monoisotopic (exact) mass is 445 g/mol. The Morgan fingerprint density at radius 2 is 2.07 bits per heavy atom. The van der Waals surface area contributed by atoms with Crippen molar-refractivity contribution in [3.63, 3.8) is 0 Å². The second kappa shape index (κ2) is 8.26. The highest BCUT2D eigenvalue weighted by Crippen LogP contribution is 2.31. The quantitative estimate of drug-likeness (QED) is 0.296. The highest BCUT2D eigenvalue weighted by atomic mass is 35.5. The van der Waals surface area contributed by atoms with Gasteiger partial charge < -0.3 is 0 Å². The van der Waals surface area contributed by atoms with Gasteiger partial charge in [-0.1, -0.05) is 35.5 Å². The number of hydrogen-bond acceptors (Lipinski definition) is 5. The molecule has 3 aromatic heterocycles. The molecule has 0 aliphatic rings. The van der Waals surface area contributed by atoms with Gasteiger partial charge in [-0.3, -0.25) is 14.3 Å². The van der Waals surface area contributed by atoms with Gasteiger partial charge in [-0.05, 0) is 43.2 Å². The molecule has 4 rings (SSSR count). The summed E-state index contributed by atoms with van der Waals surface area (Å²) in [6.45, 7) is 4.27. The van der Waals surface area contributed by atoms with Gasteiger partial charge in [0, 0.05) is 33.6 Å². The van der Waals surface area contributed by atoms with Gasteiger partial charge in [0.15, 0.2) is 5.16 Å². The lowest BCUT2D eigenvalue weighted by Gasteiger charge is -2.13. The maximum absolute atomic E-state index is 14.2. The summed E-state index contributed by atoms with van der Waals surface area (Å²) < 4.78 is 15.8. The maximum Gasteiger partial charge on any atom is 0.263 e. The van der Waals surface area contributed by atoms with Gasteiger partial charge >= 0.3 is 0 Å². The first kappa shape index (κ1) is 20.1. The number of fused-ring (bicyclic) bond motifs is 1. The molecule has 0 saturated carbocycles. The Bertz CT molecular complexity index is 1230. The minimum atomic E-state index is -0.366. The zero-order valence-corrected chi connectivity index (χ0v) is 18.2. The molecule has 0 amide bonds. The lowest BCUT2D eigenvalue weighted by molar-refractivity contribution is 0.617. The predicted molar refractivity (Wildman–Crippen MR) is 118 cm³/mol. The Balaban J connectivity index is 1.80. The third-order valence-electron chi connectivity index (χ3n) is 4.72. The second-order valence-corrected chi connectivity index (χ2v) is 9.15. The molecule has 0 radical (unpaired) electrons. The van der Waals surface area contributed by atoms with Crippen molar-refractivity contribution in [2.24, 2.45) is 0 Å². The van der Waals surface area contributed by atoms with Gasteiger partial charge in [-0.25, -0.2) is 9.37 Å². The van der Waals surface area contributed by atoms with Crippen LogP contribution in [0.3, 0.4) is 0 Å². The number of halogens is 2. The molecule has 0 aliphatic carbocycles. The highest BCUT2D eigenvalue weighted by Gasteiger charge is 2.18. The van der Waals surface area contributed by atoms with Crippen LogP contribution >= 0.6 is 34.7 Å². The molecule has 0 atom stereocenters. The third-order valence-corrected chi connectivity index (χ3v) is 7.18. The molecule has 0 spiro atoms. The van der Waals surface area contributed by atoms with Crippen LogP contribution in [0.5, 0.6) is 0 Å². The van der Waals surface area contributed by atoms with Gasteiger partial charge in [0.25, 0.3) is 5.56 Å². The minimum absolute atomic E-state index is 0.0946. The Hall–Kier alpha value is -2.22. The summed E-state index contributed by atoms with van der Waals surface area (Å²) in [6, 6.07) is 8.36. The standard InChI is InChI=1S/C21H17ClFN3OS2/c1-12-13(2)29-19-18(12)20(27)26(10-14-5-4-8-24-9-14)21(25-19)28-11-15-16(22)6-3-7-17(15)23/h3-9H,10-11H2,1-2H3. The molecule has 0 unspecified atom stereocenters. The molecule has 0 N–H and O–H groups in total. The van der Waals surface area contributed by atoms with E-state index in [0.29, 0.717) is 32.5 Å². The number of thioether (sulfide) groups is 1. The number of thiophene rings is 1. The van der Waals surface area contributed by atoms with E-state index in [9.17, 15) is 9.18 Å². The first-order valence-corrected chi connectivity index (χ1v) is 11.1. The highest BCUT2D eigenvalue weighted by molar-refractivity contribution is 7.98. The second-order valence-electron chi connectivity index (χ2n) is 6.60. The fourth-order valence-corrected chi connectivity index (χ4v) is 5.45. The van der Waals surface area contributed by atoms with Crippen molar-refractivity contribution in [3.8, 4) is 0 Å². The molecule has 0 aliphatic heterocycles. The Morgan fingerprint density at radius 3 is 2.79 bits per heavy atom. The number of benzene rings is 1. The number of nitrogens with zero attached hydrogens (tertiary/aromatic N) is 3. The summed E-state index contributed by atoms with van der Waals surface area (Å²) in [5.74, 6) is -0.0881. The van der Waals surface area contributed by atoms with Crippen LogP contribution in [0.15, 0.2) is 52.7 Å². The van der Waals surface area contributed by atoms with Crippen LogP contribution in [0.2, 0.25) is 5.02 Å². The first-order valence-electron chi connectivity index (χ1n) is 8.91. The topological polar surface area (TPSA) is 47.8 Å². The zero-order valence-electron chi connectivity index (χ0n) is 15.8. The first-order chi connectivity index (χ1) is 14.0. The molecule has 4 aromatic rings. The van der Waals surface area contributed by atoms with Crippen LogP contribution in [0.4, 0.5) is 4.39 Å². The number of pyridine rings is 1. The van der Waals surface area contributed by atoms with Crippen LogP contribution < -0.4 is 5.56 Å². The zero-order chi connectivity index (χ0) is 20.5. The van der Waals surface area contributed by atoms with E-state index in [-0.39, 0.29) is 17.1 Å². The smallest absolute Gasteiger partial charge is 0.263 e. The molecule has 4 nitrogen and oxygen atoms in total. The van der Waals surface area contributed by atoms with Crippen LogP contribution in [-0.2, 0) is 12.3 Å². The summed E-state index contributed by atoms with van der Waals surface area (Å²) in [5.41, 5.74) is 2.16. The SMILES string of the molecule is Cc1sc2nc(SCc3c(F)cccc3Cl)n(Cc3cccnc3)c(=O)c2c1C. The van der Waals surface area contributed by atoms with E-state index in [1.54, 1.807) is 29.1 Å². The van der Waals surface area contributed by atoms with Crippen molar-refractivity contribution >= 4 is 44.9 Å². The fraction of sp³-hybridized carbons (Fsp3) is 0.190. The Morgan fingerprint density at radius 1 is 1.24 bits per heavy atom. The molecule has 0 saturated heterocycles. The Labute approximate surface area is 180 Å². The van der Waals surface area contributed by atoms with Crippen molar-refractivity contribution in [2.75, 3.05) is 0 Å². The van der Waals surface area contributed by atoms with E-state index in [2.05, 4.69) is 4.98 Å². The van der Waals surface area contributed by atoms with Crippen molar-refractivity contribution < 1.29 is 4.39 Å². The molecule has 1 aromatic carbocycles. The lowest BCUT2D eigenvalue weighted by atomic mass is 10.2. The molecule has 0 bridgehead atoms. The van der Waals surface area contributed by atoms with Gasteiger partial charge in [0.05, 0.1) is 11.9 Å². The molecule has 148 valence electrons. The van der Waals surface area contributed by atoms with Gasteiger partial charge in [-0.2, -0.15) is 0 Å². The number of aromatic nitrogens is 3. The largest absolute Gasteiger partial charge is 0.282 e. The third kappa shape index (κ3) is 3.95. The van der Waals surface area contributed by atoms with Crippen molar-refractivity contribution in [1.29, 1.82) is 0 Å². The Kier molecular flexibility index (Phi) is 5.72. The summed E-state index contributed by atoms with van der Waals surface area (Å²) in [5, 5.41) is 1.54. The van der Waals surface area contributed by atoms with E-state index < -0.39 is 0 Å². The van der Waals surface area contributed by atoms with Crippen molar-refractivity contribution in [2.45, 2.75) is 31.3 Å². The molecule has 3 heterocycles.